The Kier molecular flexibility index (Phi) is 5.18. The van der Waals surface area contributed by atoms with Crippen molar-refractivity contribution in [2.24, 2.45) is 0 Å². The molecule has 7 nitrogen and oxygen atoms in total. The number of anilines is 3. The predicted molar refractivity (Wildman–Crippen MR) is 91.6 cm³/mol. The Hall–Kier alpha value is -1.77. The summed E-state index contributed by atoms with van der Waals surface area (Å²) in [7, 11) is -0.540. The van der Waals surface area contributed by atoms with Crippen LogP contribution in [0.4, 0.5) is 17.2 Å². The summed E-state index contributed by atoms with van der Waals surface area (Å²) in [5, 5.41) is 3.22. The second-order valence-corrected chi connectivity index (χ2v) is 7.33. The molecule has 2 rings (SSSR count). The highest BCUT2D eigenvalue weighted by atomic mass is 35.5. The van der Waals surface area contributed by atoms with Crippen molar-refractivity contribution in [2.75, 3.05) is 30.0 Å². The van der Waals surface area contributed by atoms with Gasteiger partial charge in [-0.3, -0.25) is 4.31 Å². The van der Waals surface area contributed by atoms with Crippen LogP contribution in [0.5, 0.6) is 5.75 Å². The fraction of sp³-hybridized carbons (Fsp3) is 0.231. The Labute approximate surface area is 144 Å². The summed E-state index contributed by atoms with van der Waals surface area (Å²) in [6.45, 7) is 0. The molecule has 0 unspecified atom stereocenters. The van der Waals surface area contributed by atoms with Crippen molar-refractivity contribution in [1.29, 1.82) is 0 Å². The topological polar surface area (TPSA) is 84.4 Å². The molecule has 0 bridgehead atoms. The number of sulfonamides is 1. The van der Waals surface area contributed by atoms with Gasteiger partial charge in [0.1, 0.15) is 10.8 Å². The molecule has 0 spiro atoms. The predicted octanol–water partition coefficient (Wildman–Crippen LogP) is 2.93. The fourth-order valence-electron chi connectivity index (χ4n) is 1.74. The van der Waals surface area contributed by atoms with Crippen LogP contribution in [-0.4, -0.2) is 38.8 Å². The van der Waals surface area contributed by atoms with Gasteiger partial charge in [0.2, 0.25) is 15.3 Å². The monoisotopic (exact) mass is 376 g/mol. The number of methoxy groups -OCH3 is 1. The minimum absolute atomic E-state index is 0.0171. The molecule has 10 heteroatoms. The molecule has 0 saturated heterocycles. The minimum atomic E-state index is -3.47. The van der Waals surface area contributed by atoms with E-state index in [4.69, 9.17) is 27.9 Å². The third-order valence-corrected chi connectivity index (χ3v) is 4.66. The minimum Gasteiger partial charge on any atom is -0.497 e. The first kappa shape index (κ1) is 17.6. The van der Waals surface area contributed by atoms with E-state index in [1.807, 2.05) is 0 Å². The number of ether oxygens (including phenoxy) is 1. The zero-order valence-electron chi connectivity index (χ0n) is 12.5. The van der Waals surface area contributed by atoms with E-state index in [-0.39, 0.29) is 16.1 Å². The lowest BCUT2D eigenvalue weighted by atomic mass is 10.2. The van der Waals surface area contributed by atoms with Crippen molar-refractivity contribution in [1.82, 2.24) is 9.97 Å². The molecule has 0 radical (unpaired) electrons. The fourth-order valence-corrected chi connectivity index (χ4v) is 2.52. The van der Waals surface area contributed by atoms with Crippen LogP contribution >= 0.6 is 23.2 Å². The van der Waals surface area contributed by atoms with E-state index < -0.39 is 10.0 Å². The van der Waals surface area contributed by atoms with Gasteiger partial charge in [-0.05, 0) is 23.7 Å². The zero-order valence-corrected chi connectivity index (χ0v) is 14.9. The summed E-state index contributed by atoms with van der Waals surface area (Å²) in [5.41, 5.74) is 0.841. The summed E-state index contributed by atoms with van der Waals surface area (Å²) in [5.74, 6) is 0.771. The Morgan fingerprint density at radius 1 is 1.30 bits per heavy atom. The molecular formula is C13H14Cl2N4O3S. The number of hydrogen-bond acceptors (Lipinski definition) is 6. The summed E-state index contributed by atoms with van der Waals surface area (Å²) < 4.78 is 29.9. The van der Waals surface area contributed by atoms with Gasteiger partial charge in [-0.15, -0.1) is 0 Å². The third-order valence-electron chi connectivity index (χ3n) is 3.01. The second kappa shape index (κ2) is 6.77. The molecule has 1 aromatic heterocycles. The molecule has 1 heterocycles. The lowest BCUT2D eigenvalue weighted by Gasteiger charge is -2.21. The summed E-state index contributed by atoms with van der Waals surface area (Å²) >= 11 is 11.8. The molecule has 0 saturated carbocycles. The first-order chi connectivity index (χ1) is 10.7. The number of nitrogens with zero attached hydrogens (tertiary/aromatic N) is 3. The maximum Gasteiger partial charge on any atom is 0.232 e. The molecule has 0 atom stereocenters. The van der Waals surface area contributed by atoms with Gasteiger partial charge in [0.05, 0.1) is 30.9 Å². The van der Waals surface area contributed by atoms with E-state index in [0.717, 1.165) is 10.6 Å². The van der Waals surface area contributed by atoms with Gasteiger partial charge in [-0.25, -0.2) is 13.4 Å². The second-order valence-electron chi connectivity index (χ2n) is 4.57. The number of halogens is 2. The van der Waals surface area contributed by atoms with Gasteiger partial charge in [-0.1, -0.05) is 11.6 Å². The molecular weight excluding hydrogens is 363 g/mol. The number of nitrogens with one attached hydrogen (secondary N) is 1. The highest BCUT2D eigenvalue weighted by Gasteiger charge is 2.18. The number of rotatable bonds is 5. The van der Waals surface area contributed by atoms with Crippen LogP contribution in [0.15, 0.2) is 24.4 Å². The average Bonchev–Trinajstić information content (AvgIpc) is 2.49. The highest BCUT2D eigenvalue weighted by Crippen LogP contribution is 2.34. The molecule has 0 aliphatic heterocycles. The van der Waals surface area contributed by atoms with Crippen molar-refractivity contribution in [2.45, 2.75) is 0 Å². The van der Waals surface area contributed by atoms with Crippen molar-refractivity contribution < 1.29 is 13.2 Å². The van der Waals surface area contributed by atoms with Crippen LogP contribution < -0.4 is 14.4 Å². The van der Waals surface area contributed by atoms with E-state index >= 15 is 0 Å². The Balaban J connectivity index is 2.51. The summed E-state index contributed by atoms with van der Waals surface area (Å²) in [6, 6.07) is 4.92. The van der Waals surface area contributed by atoms with Gasteiger partial charge in [-0.2, -0.15) is 4.98 Å². The molecule has 23 heavy (non-hydrogen) atoms. The molecule has 0 amide bonds. The smallest absolute Gasteiger partial charge is 0.232 e. The summed E-state index contributed by atoms with van der Waals surface area (Å²) in [4.78, 5) is 7.75. The molecule has 1 N–H and O–H groups in total. The zero-order chi connectivity index (χ0) is 17.2. The summed E-state index contributed by atoms with van der Waals surface area (Å²) in [6.07, 6.45) is 2.45. The van der Waals surface area contributed by atoms with Crippen molar-refractivity contribution >= 4 is 50.4 Å². The van der Waals surface area contributed by atoms with Gasteiger partial charge in [0.25, 0.3) is 0 Å². The van der Waals surface area contributed by atoms with Crippen LogP contribution in [0.1, 0.15) is 0 Å². The van der Waals surface area contributed by atoms with Crippen LogP contribution in [0.2, 0.25) is 10.3 Å². The third kappa shape index (κ3) is 4.15. The van der Waals surface area contributed by atoms with Crippen molar-refractivity contribution in [3.63, 3.8) is 0 Å². The molecule has 2 aromatic rings. The van der Waals surface area contributed by atoms with Crippen LogP contribution in [0.3, 0.4) is 0 Å². The quantitative estimate of drug-likeness (QED) is 0.807. The van der Waals surface area contributed by atoms with E-state index in [0.29, 0.717) is 17.1 Å². The van der Waals surface area contributed by atoms with E-state index in [1.54, 1.807) is 18.2 Å². The van der Waals surface area contributed by atoms with Crippen molar-refractivity contribution in [3.8, 4) is 5.75 Å². The average molecular weight is 377 g/mol. The van der Waals surface area contributed by atoms with E-state index in [9.17, 15) is 8.42 Å². The molecule has 124 valence electrons. The highest BCUT2D eigenvalue weighted by molar-refractivity contribution is 7.92. The number of benzene rings is 1. The molecule has 0 aliphatic rings. The number of hydrogen-bond donors (Lipinski definition) is 1. The maximum absolute atomic E-state index is 11.8. The van der Waals surface area contributed by atoms with E-state index in [2.05, 4.69) is 15.3 Å². The lowest BCUT2D eigenvalue weighted by molar-refractivity contribution is 0.415. The van der Waals surface area contributed by atoms with Gasteiger partial charge < -0.3 is 10.1 Å². The standard InChI is InChI=1S/C13H14Cl2N4O3S/c1-19(23(3,20)21)11-6-8(22-2)4-5-10(11)17-12-9(14)7-16-13(15)18-12/h4-7H,1-3H3,(H,16,17,18). The van der Waals surface area contributed by atoms with E-state index in [1.165, 1.54) is 20.4 Å². The Bertz CT molecular complexity index is 830. The van der Waals surface area contributed by atoms with Gasteiger partial charge >= 0.3 is 0 Å². The Morgan fingerprint density at radius 2 is 2.00 bits per heavy atom. The Morgan fingerprint density at radius 3 is 2.61 bits per heavy atom. The molecule has 1 aromatic carbocycles. The molecule has 0 fully saturated rings. The first-order valence-corrected chi connectivity index (χ1v) is 8.90. The normalized spacial score (nSPS) is 11.2. The van der Waals surface area contributed by atoms with Crippen LogP contribution in [0, 0.1) is 0 Å². The largest absolute Gasteiger partial charge is 0.497 e. The number of aromatic nitrogens is 2. The maximum atomic E-state index is 11.8. The van der Waals surface area contributed by atoms with Gasteiger partial charge in [0.15, 0.2) is 5.82 Å². The first-order valence-electron chi connectivity index (χ1n) is 6.29. The van der Waals surface area contributed by atoms with Gasteiger partial charge in [0, 0.05) is 13.1 Å². The van der Waals surface area contributed by atoms with Crippen LogP contribution in [-0.2, 0) is 10.0 Å². The van der Waals surface area contributed by atoms with Crippen molar-refractivity contribution in [3.05, 3.63) is 34.7 Å². The SMILES string of the molecule is COc1ccc(Nc2nc(Cl)ncc2Cl)c(N(C)S(C)(=O)=O)c1. The van der Waals surface area contributed by atoms with Crippen LogP contribution in [0.25, 0.3) is 0 Å². The molecule has 0 aliphatic carbocycles. The lowest BCUT2D eigenvalue weighted by Crippen LogP contribution is -2.25.